The third-order valence-corrected chi connectivity index (χ3v) is 4.87. The summed E-state index contributed by atoms with van der Waals surface area (Å²) in [5.41, 5.74) is 0.0834. The van der Waals surface area contributed by atoms with Gasteiger partial charge in [-0.1, -0.05) is 0 Å². The van der Waals surface area contributed by atoms with E-state index in [0.29, 0.717) is 22.6 Å². The number of rotatable bonds is 6. The average Bonchev–Trinajstić information content (AvgIpc) is 3.41. The van der Waals surface area contributed by atoms with Crippen molar-refractivity contribution in [3.05, 3.63) is 77.7 Å². The maximum atomic E-state index is 13.1. The van der Waals surface area contributed by atoms with Crippen molar-refractivity contribution < 1.29 is 27.1 Å². The zero-order valence-electron chi connectivity index (χ0n) is 17.3. The number of nitrogens with zero attached hydrogens (tertiary/aromatic N) is 3. The van der Waals surface area contributed by atoms with Crippen molar-refractivity contribution >= 4 is 22.9 Å². The summed E-state index contributed by atoms with van der Waals surface area (Å²) < 4.78 is 51.9. The van der Waals surface area contributed by atoms with E-state index in [1.807, 2.05) is 6.07 Å². The van der Waals surface area contributed by atoms with Crippen LogP contribution in [0.1, 0.15) is 23.8 Å². The number of nitrogens with one attached hydrogen (secondary N) is 1. The average molecular weight is 454 g/mol. The number of hydrogen-bond donors (Lipinski definition) is 1. The van der Waals surface area contributed by atoms with Crippen molar-refractivity contribution in [2.45, 2.75) is 25.7 Å². The fraction of sp³-hybridized carbons (Fsp3) is 0.174. The van der Waals surface area contributed by atoms with Gasteiger partial charge in [0.05, 0.1) is 41.0 Å². The van der Waals surface area contributed by atoms with E-state index >= 15 is 0 Å². The van der Waals surface area contributed by atoms with Gasteiger partial charge in [-0.25, -0.2) is 4.98 Å². The first-order chi connectivity index (χ1) is 15.7. The number of furan rings is 1. The molecular weight excluding hydrogens is 437 g/mol. The van der Waals surface area contributed by atoms with Gasteiger partial charge in [-0.05, 0) is 61.5 Å². The summed E-state index contributed by atoms with van der Waals surface area (Å²) in [6.07, 6.45) is -3.99. The van der Waals surface area contributed by atoms with E-state index in [1.54, 1.807) is 41.0 Å². The smallest absolute Gasteiger partial charge is 0.416 e. The van der Waals surface area contributed by atoms with Gasteiger partial charge in [0, 0.05) is 0 Å². The summed E-state index contributed by atoms with van der Waals surface area (Å²) in [6.45, 7) is 1.67. The molecule has 10 heteroatoms. The Hall–Kier alpha value is -4.26. The van der Waals surface area contributed by atoms with E-state index in [1.165, 1.54) is 19.3 Å². The van der Waals surface area contributed by atoms with E-state index in [0.717, 1.165) is 12.1 Å². The third-order valence-electron chi connectivity index (χ3n) is 4.87. The van der Waals surface area contributed by atoms with Crippen LogP contribution in [0.2, 0.25) is 0 Å². The van der Waals surface area contributed by atoms with Gasteiger partial charge in [0.15, 0.2) is 6.10 Å². The quantitative estimate of drug-likeness (QED) is 0.444. The molecule has 0 aliphatic carbocycles. The predicted molar refractivity (Wildman–Crippen MR) is 112 cm³/mol. The van der Waals surface area contributed by atoms with Gasteiger partial charge in [-0.2, -0.15) is 18.4 Å². The van der Waals surface area contributed by atoms with Crippen molar-refractivity contribution in [2.24, 2.45) is 0 Å². The topological polar surface area (TPSA) is 93.1 Å². The van der Waals surface area contributed by atoms with Crippen LogP contribution < -0.4 is 10.1 Å². The van der Waals surface area contributed by atoms with Crippen molar-refractivity contribution in [2.75, 3.05) is 5.32 Å². The summed E-state index contributed by atoms with van der Waals surface area (Å²) in [4.78, 5) is 17.0. The lowest BCUT2D eigenvalue weighted by atomic mass is 10.2. The van der Waals surface area contributed by atoms with E-state index in [9.17, 15) is 18.0 Å². The number of halogens is 3. The molecule has 0 radical (unpaired) electrons. The molecule has 0 saturated carbocycles. The van der Waals surface area contributed by atoms with Crippen LogP contribution in [-0.2, 0) is 17.5 Å². The summed E-state index contributed by atoms with van der Waals surface area (Å²) in [5.74, 6) is 0.426. The van der Waals surface area contributed by atoms with Gasteiger partial charge in [0.25, 0.3) is 5.91 Å². The maximum absolute atomic E-state index is 13.1. The molecule has 33 heavy (non-hydrogen) atoms. The molecular formula is C23H17F3N4O3. The number of fused-ring (bicyclic) bond motifs is 1. The lowest BCUT2D eigenvalue weighted by Crippen LogP contribution is -2.31. The molecule has 4 rings (SSSR count). The molecule has 2 aromatic heterocycles. The van der Waals surface area contributed by atoms with E-state index in [2.05, 4.69) is 10.3 Å². The SMILES string of the molecule is CC(Oc1ccc(C#N)cc1)C(=O)Nc1nc2cc(C(F)(F)F)ccc2n1Cc1ccco1. The van der Waals surface area contributed by atoms with E-state index in [4.69, 9.17) is 14.4 Å². The maximum Gasteiger partial charge on any atom is 0.416 e. The molecule has 168 valence electrons. The molecule has 2 heterocycles. The van der Waals surface area contributed by atoms with Crippen LogP contribution in [0.5, 0.6) is 5.75 Å². The molecule has 1 unspecified atom stereocenters. The van der Waals surface area contributed by atoms with Gasteiger partial charge in [-0.3, -0.25) is 10.1 Å². The number of carbonyl (C=O) groups excluding carboxylic acids is 1. The number of carbonyl (C=O) groups is 1. The molecule has 1 amide bonds. The number of anilines is 1. The summed E-state index contributed by atoms with van der Waals surface area (Å²) >= 11 is 0. The first-order valence-electron chi connectivity index (χ1n) is 9.82. The number of imidazole rings is 1. The number of ether oxygens (including phenoxy) is 1. The first kappa shape index (κ1) is 22.0. The molecule has 1 N–H and O–H groups in total. The molecule has 4 aromatic rings. The van der Waals surface area contributed by atoms with Gasteiger partial charge in [0.2, 0.25) is 5.95 Å². The predicted octanol–water partition coefficient (Wildman–Crippen LogP) is 4.97. The number of aromatic nitrogens is 2. The van der Waals surface area contributed by atoms with Gasteiger partial charge in [-0.15, -0.1) is 0 Å². The zero-order chi connectivity index (χ0) is 23.6. The van der Waals surface area contributed by atoms with Crippen molar-refractivity contribution in [3.8, 4) is 11.8 Å². The highest BCUT2D eigenvalue weighted by Crippen LogP contribution is 2.32. The second kappa shape index (κ2) is 8.70. The number of nitriles is 1. The third kappa shape index (κ3) is 4.82. The zero-order valence-corrected chi connectivity index (χ0v) is 17.3. The summed E-state index contributed by atoms with van der Waals surface area (Å²) in [5, 5.41) is 11.5. The van der Waals surface area contributed by atoms with Crippen LogP contribution >= 0.6 is 0 Å². The Balaban J connectivity index is 1.61. The molecule has 0 aliphatic rings. The number of hydrogen-bond acceptors (Lipinski definition) is 5. The Labute approximate surface area is 186 Å². The van der Waals surface area contributed by atoms with Crippen molar-refractivity contribution in [3.63, 3.8) is 0 Å². The molecule has 0 fully saturated rings. The minimum atomic E-state index is -4.52. The minimum Gasteiger partial charge on any atom is -0.481 e. The Morgan fingerprint density at radius 2 is 2.00 bits per heavy atom. The van der Waals surface area contributed by atoms with Gasteiger partial charge < -0.3 is 13.7 Å². The summed E-state index contributed by atoms with van der Waals surface area (Å²) in [6, 6.07) is 14.8. The normalized spacial score (nSPS) is 12.3. The molecule has 0 aliphatic heterocycles. The fourth-order valence-corrected chi connectivity index (χ4v) is 3.20. The van der Waals surface area contributed by atoms with Crippen molar-refractivity contribution in [1.29, 1.82) is 5.26 Å². The van der Waals surface area contributed by atoms with Crippen LogP contribution in [0.25, 0.3) is 11.0 Å². The highest BCUT2D eigenvalue weighted by Gasteiger charge is 2.31. The molecule has 0 saturated heterocycles. The Kier molecular flexibility index (Phi) is 5.79. The fourth-order valence-electron chi connectivity index (χ4n) is 3.20. The largest absolute Gasteiger partial charge is 0.481 e. The van der Waals surface area contributed by atoms with Crippen molar-refractivity contribution in [1.82, 2.24) is 9.55 Å². The Morgan fingerprint density at radius 3 is 2.64 bits per heavy atom. The highest BCUT2D eigenvalue weighted by molar-refractivity contribution is 5.94. The monoisotopic (exact) mass is 454 g/mol. The van der Waals surface area contributed by atoms with Crippen LogP contribution in [0.3, 0.4) is 0 Å². The van der Waals surface area contributed by atoms with Gasteiger partial charge >= 0.3 is 6.18 Å². The van der Waals surface area contributed by atoms with Crippen LogP contribution in [-0.4, -0.2) is 21.6 Å². The van der Waals surface area contributed by atoms with E-state index in [-0.39, 0.29) is 18.0 Å². The van der Waals surface area contributed by atoms with Gasteiger partial charge in [0.1, 0.15) is 11.5 Å². The first-order valence-corrected chi connectivity index (χ1v) is 9.82. The Morgan fingerprint density at radius 1 is 1.24 bits per heavy atom. The molecule has 1 atom stereocenters. The van der Waals surface area contributed by atoms with Crippen LogP contribution in [0.4, 0.5) is 19.1 Å². The van der Waals surface area contributed by atoms with Crippen LogP contribution in [0.15, 0.2) is 65.3 Å². The van der Waals surface area contributed by atoms with E-state index < -0.39 is 23.8 Å². The highest BCUT2D eigenvalue weighted by atomic mass is 19.4. The second-order valence-corrected chi connectivity index (χ2v) is 7.19. The standard InChI is InChI=1S/C23H17F3N4O3/c1-14(33-17-7-4-15(12-27)5-8-17)21(31)29-22-28-19-11-16(23(24,25)26)6-9-20(19)30(22)13-18-3-2-10-32-18/h2-11,14H,13H2,1H3,(H,28,29,31). The molecule has 0 spiro atoms. The minimum absolute atomic E-state index is 0.0565. The molecule has 0 bridgehead atoms. The number of benzene rings is 2. The van der Waals surface area contributed by atoms with Crippen LogP contribution in [0, 0.1) is 11.3 Å². The number of alkyl halides is 3. The molecule has 7 nitrogen and oxygen atoms in total. The lowest BCUT2D eigenvalue weighted by molar-refractivity contribution is -0.137. The second-order valence-electron chi connectivity index (χ2n) is 7.19. The lowest BCUT2D eigenvalue weighted by Gasteiger charge is -2.15. The molecule has 2 aromatic carbocycles. The summed E-state index contributed by atoms with van der Waals surface area (Å²) in [7, 11) is 0. The number of amides is 1. The Bertz CT molecular complexity index is 1320.